The van der Waals surface area contributed by atoms with Crippen LogP contribution in [0.5, 0.6) is 5.75 Å². The molecule has 0 fully saturated rings. The van der Waals surface area contributed by atoms with Gasteiger partial charge in [-0.25, -0.2) is 4.98 Å². The molecule has 1 aliphatic heterocycles. The van der Waals surface area contributed by atoms with E-state index in [0.29, 0.717) is 17.1 Å². The molecule has 0 aliphatic carbocycles. The van der Waals surface area contributed by atoms with E-state index in [0.717, 1.165) is 35.3 Å². The second kappa shape index (κ2) is 9.02. The van der Waals surface area contributed by atoms with Gasteiger partial charge in [-0.15, -0.1) is 0 Å². The van der Waals surface area contributed by atoms with E-state index in [4.69, 9.17) is 9.72 Å². The Hall–Kier alpha value is -4.13. The van der Waals surface area contributed by atoms with Crippen LogP contribution >= 0.6 is 0 Å². The summed E-state index contributed by atoms with van der Waals surface area (Å²) in [6, 6.07) is 23.2. The molecule has 0 bridgehead atoms. The maximum atomic E-state index is 12.7. The van der Waals surface area contributed by atoms with Crippen LogP contribution in [0.1, 0.15) is 18.3 Å². The van der Waals surface area contributed by atoms with Crippen molar-refractivity contribution in [2.24, 2.45) is 7.05 Å². The number of anilines is 2. The second-order valence-electron chi connectivity index (χ2n) is 8.47. The van der Waals surface area contributed by atoms with Gasteiger partial charge in [0.2, 0.25) is 5.91 Å². The number of carbonyl (C=O) groups is 2. The molecule has 1 aliphatic rings. The number of benzene rings is 3. The number of aromatic nitrogens is 2. The van der Waals surface area contributed by atoms with Crippen molar-refractivity contribution < 1.29 is 14.3 Å². The molecule has 3 aromatic carbocycles. The predicted octanol–water partition coefficient (Wildman–Crippen LogP) is 4.11. The Morgan fingerprint density at radius 2 is 1.74 bits per heavy atom. The summed E-state index contributed by atoms with van der Waals surface area (Å²) in [4.78, 5) is 31.5. The molecule has 0 spiro atoms. The van der Waals surface area contributed by atoms with Crippen LogP contribution in [0.3, 0.4) is 0 Å². The zero-order valence-electron chi connectivity index (χ0n) is 19.2. The summed E-state index contributed by atoms with van der Waals surface area (Å²) in [7, 11) is 2.04. The molecule has 172 valence electrons. The smallest absolute Gasteiger partial charge is 0.268 e. The van der Waals surface area contributed by atoms with Crippen molar-refractivity contribution in [2.45, 2.75) is 25.9 Å². The van der Waals surface area contributed by atoms with Crippen LogP contribution in [0.15, 0.2) is 72.8 Å². The van der Waals surface area contributed by atoms with Crippen LogP contribution in [0.25, 0.3) is 11.0 Å². The molecule has 7 nitrogen and oxygen atoms in total. The lowest BCUT2D eigenvalue weighted by Crippen LogP contribution is -2.47. The summed E-state index contributed by atoms with van der Waals surface area (Å²) >= 11 is 0. The minimum absolute atomic E-state index is 0.0714. The number of hydrogen-bond acceptors (Lipinski definition) is 4. The third-order valence-electron chi connectivity index (χ3n) is 6.13. The molecule has 0 radical (unpaired) electrons. The fourth-order valence-electron chi connectivity index (χ4n) is 4.30. The normalized spacial score (nSPS) is 15.2. The van der Waals surface area contributed by atoms with Crippen molar-refractivity contribution in [3.63, 3.8) is 0 Å². The minimum Gasteiger partial charge on any atom is -0.479 e. The minimum atomic E-state index is -0.627. The number of carbonyl (C=O) groups excluding carboxylic acids is 2. The van der Waals surface area contributed by atoms with Gasteiger partial charge < -0.3 is 14.6 Å². The van der Waals surface area contributed by atoms with Gasteiger partial charge >= 0.3 is 0 Å². The number of ether oxygens (including phenoxy) is 1. The number of para-hydroxylation sites is 4. The van der Waals surface area contributed by atoms with Gasteiger partial charge in [0.1, 0.15) is 18.1 Å². The van der Waals surface area contributed by atoms with E-state index < -0.39 is 6.10 Å². The molecule has 0 saturated heterocycles. The molecule has 2 heterocycles. The molecule has 1 N–H and O–H groups in total. The van der Waals surface area contributed by atoms with E-state index in [1.165, 1.54) is 4.90 Å². The summed E-state index contributed by atoms with van der Waals surface area (Å²) in [6.45, 7) is 1.62. The first-order chi connectivity index (χ1) is 16.5. The molecule has 2 amide bonds. The lowest BCUT2D eigenvalue weighted by atomic mass is 10.1. The molecule has 0 saturated carbocycles. The lowest BCUT2D eigenvalue weighted by molar-refractivity contribution is -0.127. The van der Waals surface area contributed by atoms with E-state index in [2.05, 4.69) is 16.0 Å². The SMILES string of the molecule is CC1Oc2ccccc2N(CC(=O)Nc2ccc(CCc3nc4ccccc4n3C)cc2)C1=O. The second-order valence-corrected chi connectivity index (χ2v) is 8.47. The molecule has 7 heteroatoms. The van der Waals surface area contributed by atoms with Crippen molar-refractivity contribution in [3.8, 4) is 5.75 Å². The summed E-state index contributed by atoms with van der Waals surface area (Å²) in [5, 5.41) is 2.89. The van der Waals surface area contributed by atoms with E-state index in [1.807, 2.05) is 61.6 Å². The van der Waals surface area contributed by atoms with Gasteiger partial charge in [-0.05, 0) is 55.3 Å². The van der Waals surface area contributed by atoms with Gasteiger partial charge in [0, 0.05) is 19.2 Å². The third-order valence-corrected chi connectivity index (χ3v) is 6.13. The molecular formula is C27H26N4O3. The predicted molar refractivity (Wildman–Crippen MR) is 132 cm³/mol. The van der Waals surface area contributed by atoms with Gasteiger partial charge in [-0.2, -0.15) is 0 Å². The number of rotatable bonds is 6. The third kappa shape index (κ3) is 4.24. The highest BCUT2D eigenvalue weighted by atomic mass is 16.5. The number of aryl methyl sites for hydroxylation is 3. The summed E-state index contributed by atoms with van der Waals surface area (Å²) in [5.41, 5.74) is 4.60. The molecule has 5 rings (SSSR count). The Kier molecular flexibility index (Phi) is 5.76. The highest BCUT2D eigenvalue weighted by Gasteiger charge is 2.32. The van der Waals surface area contributed by atoms with Gasteiger partial charge in [-0.1, -0.05) is 36.4 Å². The number of nitrogens with zero attached hydrogens (tertiary/aromatic N) is 3. The van der Waals surface area contributed by atoms with Crippen molar-refractivity contribution in [1.82, 2.24) is 9.55 Å². The first-order valence-corrected chi connectivity index (χ1v) is 11.4. The Balaban J connectivity index is 1.21. The highest BCUT2D eigenvalue weighted by molar-refractivity contribution is 6.06. The van der Waals surface area contributed by atoms with E-state index in [9.17, 15) is 9.59 Å². The summed E-state index contributed by atoms with van der Waals surface area (Å²) < 4.78 is 7.77. The van der Waals surface area contributed by atoms with Crippen LogP contribution < -0.4 is 15.0 Å². The number of fused-ring (bicyclic) bond motifs is 2. The highest BCUT2D eigenvalue weighted by Crippen LogP contribution is 2.33. The number of hydrogen-bond donors (Lipinski definition) is 1. The first-order valence-electron chi connectivity index (χ1n) is 11.4. The van der Waals surface area contributed by atoms with Gasteiger partial charge in [0.15, 0.2) is 6.10 Å². The average Bonchev–Trinajstić information content (AvgIpc) is 3.17. The van der Waals surface area contributed by atoms with Gasteiger partial charge in [0.25, 0.3) is 5.91 Å². The molecule has 1 unspecified atom stereocenters. The Bertz CT molecular complexity index is 1360. The summed E-state index contributed by atoms with van der Waals surface area (Å²) in [5.74, 6) is 1.16. The fourth-order valence-corrected chi connectivity index (χ4v) is 4.30. The Labute approximate surface area is 198 Å². The average molecular weight is 455 g/mol. The van der Waals surface area contributed by atoms with Crippen molar-refractivity contribution in [3.05, 3.63) is 84.2 Å². The topological polar surface area (TPSA) is 76.5 Å². The van der Waals surface area contributed by atoms with E-state index in [1.54, 1.807) is 19.1 Å². The van der Waals surface area contributed by atoms with Crippen LogP contribution in [0, 0.1) is 0 Å². The molecular weight excluding hydrogens is 428 g/mol. The van der Waals surface area contributed by atoms with Crippen LogP contribution in [0.2, 0.25) is 0 Å². The van der Waals surface area contributed by atoms with E-state index >= 15 is 0 Å². The molecule has 4 aromatic rings. The van der Waals surface area contributed by atoms with Crippen LogP contribution in [0.4, 0.5) is 11.4 Å². The van der Waals surface area contributed by atoms with Crippen LogP contribution in [-0.4, -0.2) is 34.0 Å². The summed E-state index contributed by atoms with van der Waals surface area (Å²) in [6.07, 6.45) is 1.05. The van der Waals surface area contributed by atoms with Crippen molar-refractivity contribution >= 4 is 34.2 Å². The monoisotopic (exact) mass is 454 g/mol. The van der Waals surface area contributed by atoms with Crippen molar-refractivity contribution in [1.29, 1.82) is 0 Å². The van der Waals surface area contributed by atoms with Gasteiger partial charge in [-0.3, -0.25) is 14.5 Å². The Morgan fingerprint density at radius 3 is 2.53 bits per heavy atom. The zero-order chi connectivity index (χ0) is 23.7. The lowest BCUT2D eigenvalue weighted by Gasteiger charge is -2.32. The fraction of sp³-hybridized carbons (Fsp3) is 0.222. The quantitative estimate of drug-likeness (QED) is 0.476. The van der Waals surface area contributed by atoms with Crippen molar-refractivity contribution in [2.75, 3.05) is 16.8 Å². The number of nitrogens with one attached hydrogen (secondary N) is 1. The molecule has 1 aromatic heterocycles. The first kappa shape index (κ1) is 21.7. The number of amides is 2. The standard InChI is InChI=1S/C27H26N4O3/c1-18-27(33)31(23-9-5-6-10-24(23)34-18)17-26(32)28-20-14-11-19(12-15-20)13-16-25-29-21-7-3-4-8-22(21)30(25)2/h3-12,14-15,18H,13,16-17H2,1-2H3,(H,28,32). The molecule has 34 heavy (non-hydrogen) atoms. The largest absolute Gasteiger partial charge is 0.479 e. The number of imidazole rings is 1. The maximum Gasteiger partial charge on any atom is 0.268 e. The Morgan fingerprint density at radius 1 is 1.00 bits per heavy atom. The van der Waals surface area contributed by atoms with E-state index in [-0.39, 0.29) is 18.4 Å². The maximum absolute atomic E-state index is 12.7. The molecule has 1 atom stereocenters. The zero-order valence-corrected chi connectivity index (χ0v) is 19.2. The van der Waals surface area contributed by atoms with Gasteiger partial charge in [0.05, 0.1) is 16.7 Å². The van der Waals surface area contributed by atoms with Crippen LogP contribution in [-0.2, 0) is 29.5 Å².